The van der Waals surface area contributed by atoms with E-state index in [1.165, 1.54) is 11.1 Å². The van der Waals surface area contributed by atoms with Crippen molar-refractivity contribution in [3.8, 4) is 5.75 Å². The van der Waals surface area contributed by atoms with E-state index in [1.807, 2.05) is 19.1 Å². The predicted octanol–water partition coefficient (Wildman–Crippen LogP) is 5.34. The average Bonchev–Trinajstić information content (AvgIpc) is 2.55. The van der Waals surface area contributed by atoms with Crippen LogP contribution in [0.1, 0.15) is 39.9 Å². The molecule has 2 aromatic carbocycles. The summed E-state index contributed by atoms with van der Waals surface area (Å²) >= 11 is 3.44. The highest BCUT2D eigenvalue weighted by Crippen LogP contribution is 2.28. The van der Waals surface area contributed by atoms with Crippen LogP contribution in [0.3, 0.4) is 0 Å². The monoisotopic (exact) mass is 405 g/mol. The third kappa shape index (κ3) is 5.49. The number of unbranched alkanes of at least 4 members (excludes halogenated alkanes) is 1. The van der Waals surface area contributed by atoms with Gasteiger partial charge in [0.2, 0.25) is 0 Å². The van der Waals surface area contributed by atoms with Crippen LogP contribution in [0.15, 0.2) is 34.8 Å². The van der Waals surface area contributed by atoms with Gasteiger partial charge in [-0.25, -0.2) is 4.79 Å². The van der Waals surface area contributed by atoms with Crippen molar-refractivity contribution < 1.29 is 14.6 Å². The van der Waals surface area contributed by atoms with E-state index >= 15 is 0 Å². The lowest BCUT2D eigenvalue weighted by molar-refractivity contribution is 0.0697. The summed E-state index contributed by atoms with van der Waals surface area (Å²) in [5.74, 6) is -0.0320. The lowest BCUT2D eigenvalue weighted by atomic mass is 10.1. The van der Waals surface area contributed by atoms with Gasteiger partial charge in [-0.3, -0.25) is 0 Å². The minimum Gasteiger partial charge on any atom is -0.494 e. The van der Waals surface area contributed by atoms with Crippen LogP contribution >= 0.6 is 15.9 Å². The van der Waals surface area contributed by atoms with Gasteiger partial charge in [0.05, 0.1) is 17.9 Å². The lowest BCUT2D eigenvalue weighted by Crippen LogP contribution is -2.10. The number of carbonyl (C=O) groups is 1. The van der Waals surface area contributed by atoms with Gasteiger partial charge >= 0.3 is 5.97 Å². The zero-order chi connectivity index (χ0) is 18.4. The Bertz CT molecular complexity index is 759. The van der Waals surface area contributed by atoms with E-state index in [2.05, 4.69) is 47.2 Å². The fraction of sp³-hybridized carbons (Fsp3) is 0.350. The van der Waals surface area contributed by atoms with Gasteiger partial charge in [-0.1, -0.05) is 6.07 Å². The van der Waals surface area contributed by atoms with Crippen molar-refractivity contribution in [2.24, 2.45) is 0 Å². The molecule has 0 atom stereocenters. The quantitative estimate of drug-likeness (QED) is 0.581. The van der Waals surface area contributed by atoms with Crippen molar-refractivity contribution in [3.63, 3.8) is 0 Å². The molecule has 0 heterocycles. The van der Waals surface area contributed by atoms with Crippen molar-refractivity contribution in [1.29, 1.82) is 0 Å². The summed E-state index contributed by atoms with van der Waals surface area (Å²) < 4.78 is 6.54. The van der Waals surface area contributed by atoms with Crippen LogP contribution in [0.4, 0.5) is 5.69 Å². The van der Waals surface area contributed by atoms with Crippen LogP contribution < -0.4 is 10.1 Å². The molecule has 0 spiro atoms. The summed E-state index contributed by atoms with van der Waals surface area (Å²) in [5.41, 5.74) is 4.32. The van der Waals surface area contributed by atoms with Gasteiger partial charge in [0.1, 0.15) is 5.75 Å². The molecule has 2 aromatic rings. The zero-order valence-corrected chi connectivity index (χ0v) is 16.4. The maximum Gasteiger partial charge on any atom is 0.337 e. The number of rotatable bonds is 8. The first kappa shape index (κ1) is 19.3. The van der Waals surface area contributed by atoms with Gasteiger partial charge in [0, 0.05) is 11.0 Å². The van der Waals surface area contributed by atoms with Crippen LogP contribution in [-0.2, 0) is 0 Å². The Labute approximate surface area is 157 Å². The molecule has 4 nitrogen and oxygen atoms in total. The molecule has 5 heteroatoms. The summed E-state index contributed by atoms with van der Waals surface area (Å²) in [4.78, 5) is 11.4. The maximum atomic E-state index is 11.4. The van der Waals surface area contributed by atoms with E-state index in [-0.39, 0.29) is 0 Å². The highest BCUT2D eigenvalue weighted by atomic mass is 79.9. The zero-order valence-electron chi connectivity index (χ0n) is 14.9. The molecule has 0 aromatic heterocycles. The van der Waals surface area contributed by atoms with Crippen molar-refractivity contribution in [2.75, 3.05) is 18.5 Å². The van der Waals surface area contributed by atoms with E-state index in [0.717, 1.165) is 28.6 Å². The predicted molar refractivity (Wildman–Crippen MR) is 105 cm³/mol. The van der Waals surface area contributed by atoms with Gasteiger partial charge in [0.25, 0.3) is 0 Å². The number of benzene rings is 2. The van der Waals surface area contributed by atoms with Gasteiger partial charge < -0.3 is 15.2 Å². The van der Waals surface area contributed by atoms with E-state index in [0.29, 0.717) is 24.4 Å². The number of carboxylic acids is 1. The van der Waals surface area contributed by atoms with Crippen molar-refractivity contribution in [2.45, 2.75) is 33.6 Å². The third-order valence-electron chi connectivity index (χ3n) is 4.08. The molecule has 2 N–H and O–H groups in total. The highest BCUT2D eigenvalue weighted by Gasteiger charge is 2.13. The second kappa shape index (κ2) is 8.90. The number of aryl methyl sites for hydroxylation is 3. The number of aromatic carboxylic acids is 1. The lowest BCUT2D eigenvalue weighted by Gasteiger charge is -2.13. The molecule has 25 heavy (non-hydrogen) atoms. The Hall–Kier alpha value is -2.01. The number of nitrogens with one attached hydrogen (secondary N) is 1. The summed E-state index contributed by atoms with van der Waals surface area (Å²) in [5, 5.41) is 12.6. The largest absolute Gasteiger partial charge is 0.494 e. The highest BCUT2D eigenvalue weighted by molar-refractivity contribution is 9.10. The van der Waals surface area contributed by atoms with Gasteiger partial charge in [-0.05, 0) is 90.5 Å². The van der Waals surface area contributed by atoms with E-state index < -0.39 is 5.97 Å². The van der Waals surface area contributed by atoms with Gasteiger partial charge in [-0.15, -0.1) is 0 Å². The Morgan fingerprint density at radius 1 is 1.12 bits per heavy atom. The smallest absolute Gasteiger partial charge is 0.337 e. The Kier molecular flexibility index (Phi) is 6.88. The number of hydrogen-bond acceptors (Lipinski definition) is 3. The Morgan fingerprint density at radius 3 is 2.56 bits per heavy atom. The number of carboxylic acid groups (broad SMARTS) is 1. The topological polar surface area (TPSA) is 58.6 Å². The standard InChI is InChI=1S/C20H24BrNO3/c1-13-10-17(20(23)24)19(18(21)11-13)22-8-4-5-9-25-16-7-6-14(2)15(3)12-16/h6-7,10-12,22H,4-5,8-9H2,1-3H3,(H,23,24). The molecule has 0 saturated heterocycles. The Morgan fingerprint density at radius 2 is 1.88 bits per heavy atom. The van der Waals surface area contributed by atoms with Crippen LogP contribution in [-0.4, -0.2) is 24.2 Å². The first-order valence-corrected chi connectivity index (χ1v) is 9.15. The molecule has 0 unspecified atom stereocenters. The Balaban J connectivity index is 1.80. The van der Waals surface area contributed by atoms with Crippen molar-refractivity contribution >= 4 is 27.6 Å². The first-order chi connectivity index (χ1) is 11.9. The molecule has 0 fully saturated rings. The molecule has 0 bridgehead atoms. The molecular formula is C20H24BrNO3. The fourth-order valence-electron chi connectivity index (χ4n) is 2.52. The number of anilines is 1. The maximum absolute atomic E-state index is 11.4. The summed E-state index contributed by atoms with van der Waals surface area (Å²) in [7, 11) is 0. The molecule has 2 rings (SSSR count). The van der Waals surface area contributed by atoms with Crippen molar-refractivity contribution in [1.82, 2.24) is 0 Å². The van der Waals surface area contributed by atoms with Gasteiger partial charge in [0.15, 0.2) is 0 Å². The molecule has 0 aliphatic carbocycles. The van der Waals surface area contributed by atoms with Crippen LogP contribution in [0.5, 0.6) is 5.75 Å². The SMILES string of the molecule is Cc1cc(Br)c(NCCCCOc2ccc(C)c(C)c2)c(C(=O)O)c1. The second-order valence-electron chi connectivity index (χ2n) is 6.20. The van der Waals surface area contributed by atoms with Crippen LogP contribution in [0, 0.1) is 20.8 Å². The van der Waals surface area contributed by atoms with Gasteiger partial charge in [-0.2, -0.15) is 0 Å². The molecule has 134 valence electrons. The molecule has 0 aliphatic rings. The normalized spacial score (nSPS) is 10.6. The summed E-state index contributed by atoms with van der Waals surface area (Å²) in [6.45, 7) is 7.37. The van der Waals surface area contributed by atoms with E-state index in [4.69, 9.17) is 4.74 Å². The number of hydrogen-bond donors (Lipinski definition) is 2. The average molecular weight is 406 g/mol. The second-order valence-corrected chi connectivity index (χ2v) is 7.06. The number of ether oxygens (including phenoxy) is 1. The van der Waals surface area contributed by atoms with Crippen LogP contribution in [0.2, 0.25) is 0 Å². The summed E-state index contributed by atoms with van der Waals surface area (Å²) in [6, 6.07) is 9.70. The minimum atomic E-state index is -0.926. The molecule has 0 radical (unpaired) electrons. The first-order valence-electron chi connectivity index (χ1n) is 8.36. The molecule has 0 saturated carbocycles. The van der Waals surface area contributed by atoms with E-state index in [1.54, 1.807) is 6.07 Å². The van der Waals surface area contributed by atoms with Crippen molar-refractivity contribution in [3.05, 3.63) is 57.1 Å². The third-order valence-corrected chi connectivity index (χ3v) is 4.71. The van der Waals surface area contributed by atoms with E-state index in [9.17, 15) is 9.90 Å². The molecule has 0 amide bonds. The molecule has 0 aliphatic heterocycles. The fourth-order valence-corrected chi connectivity index (χ4v) is 3.24. The molecular weight excluding hydrogens is 382 g/mol. The minimum absolute atomic E-state index is 0.290. The van der Waals surface area contributed by atoms with Crippen LogP contribution in [0.25, 0.3) is 0 Å². The summed E-state index contributed by atoms with van der Waals surface area (Å²) in [6.07, 6.45) is 1.79. The number of halogens is 1.